The maximum absolute atomic E-state index is 6.00. The molecule has 2 rings (SSSR count). The molecule has 0 aromatic carbocycles. The minimum Gasteiger partial charge on any atom is -0.376 e. The molecule has 2 unspecified atom stereocenters. The standard InChI is InChI=1S/C14H26O/c1-9(2)14-11-5-6-12(14)8-13(7-11)15-10(3)4/h9-14H,5-8H2,1-4H3. The van der Waals surface area contributed by atoms with Crippen LogP contribution < -0.4 is 0 Å². The Labute approximate surface area is 94.6 Å². The monoisotopic (exact) mass is 210 g/mol. The van der Waals surface area contributed by atoms with Gasteiger partial charge < -0.3 is 4.74 Å². The molecule has 0 amide bonds. The first-order valence-corrected chi connectivity index (χ1v) is 6.73. The van der Waals surface area contributed by atoms with Gasteiger partial charge in [-0.25, -0.2) is 0 Å². The zero-order chi connectivity index (χ0) is 11.0. The molecule has 0 aromatic heterocycles. The van der Waals surface area contributed by atoms with Crippen LogP contribution in [0.5, 0.6) is 0 Å². The molecule has 2 bridgehead atoms. The molecule has 0 aliphatic heterocycles. The Hall–Kier alpha value is -0.0400. The molecule has 0 heterocycles. The molecule has 15 heavy (non-hydrogen) atoms. The van der Waals surface area contributed by atoms with Gasteiger partial charge in [0.25, 0.3) is 0 Å². The highest BCUT2D eigenvalue weighted by molar-refractivity contribution is 4.93. The van der Waals surface area contributed by atoms with E-state index >= 15 is 0 Å². The normalized spacial score (nSPS) is 40.4. The van der Waals surface area contributed by atoms with Crippen LogP contribution in [-0.4, -0.2) is 12.2 Å². The van der Waals surface area contributed by atoms with Gasteiger partial charge in [0.1, 0.15) is 0 Å². The maximum Gasteiger partial charge on any atom is 0.0584 e. The summed E-state index contributed by atoms with van der Waals surface area (Å²) in [5.74, 6) is 3.81. The summed E-state index contributed by atoms with van der Waals surface area (Å²) in [6.07, 6.45) is 6.56. The summed E-state index contributed by atoms with van der Waals surface area (Å²) < 4.78 is 6.00. The molecule has 2 aliphatic rings. The lowest BCUT2D eigenvalue weighted by Gasteiger charge is -2.38. The predicted octanol–water partition coefficient (Wildman–Crippen LogP) is 3.87. The van der Waals surface area contributed by atoms with Crippen molar-refractivity contribution in [2.45, 2.75) is 65.6 Å². The van der Waals surface area contributed by atoms with Crippen molar-refractivity contribution in [3.63, 3.8) is 0 Å². The fourth-order valence-corrected chi connectivity index (χ4v) is 4.10. The van der Waals surface area contributed by atoms with Crippen molar-refractivity contribution >= 4 is 0 Å². The van der Waals surface area contributed by atoms with Gasteiger partial charge in [0, 0.05) is 0 Å². The van der Waals surface area contributed by atoms with Gasteiger partial charge >= 0.3 is 0 Å². The summed E-state index contributed by atoms with van der Waals surface area (Å²) in [5, 5.41) is 0. The van der Waals surface area contributed by atoms with Gasteiger partial charge in [0.2, 0.25) is 0 Å². The van der Waals surface area contributed by atoms with Gasteiger partial charge in [-0.15, -0.1) is 0 Å². The average molecular weight is 210 g/mol. The first kappa shape index (κ1) is 11.4. The number of rotatable bonds is 3. The maximum atomic E-state index is 6.00. The van der Waals surface area contributed by atoms with Gasteiger partial charge in [-0.05, 0) is 63.2 Å². The van der Waals surface area contributed by atoms with Crippen molar-refractivity contribution in [1.82, 2.24) is 0 Å². The van der Waals surface area contributed by atoms with Crippen molar-refractivity contribution < 1.29 is 4.74 Å². The van der Waals surface area contributed by atoms with Crippen LogP contribution in [0.15, 0.2) is 0 Å². The second-order valence-electron chi connectivity index (χ2n) is 6.20. The van der Waals surface area contributed by atoms with Crippen LogP contribution in [0.1, 0.15) is 53.4 Å². The predicted molar refractivity (Wildman–Crippen MR) is 63.8 cm³/mol. The van der Waals surface area contributed by atoms with Gasteiger partial charge in [0.05, 0.1) is 12.2 Å². The van der Waals surface area contributed by atoms with Crippen LogP contribution in [0, 0.1) is 23.7 Å². The highest BCUT2D eigenvalue weighted by Crippen LogP contribution is 2.50. The fraction of sp³-hybridized carbons (Fsp3) is 1.00. The molecular weight excluding hydrogens is 184 g/mol. The van der Waals surface area contributed by atoms with Crippen LogP contribution in [0.2, 0.25) is 0 Å². The minimum absolute atomic E-state index is 0.407. The Morgan fingerprint density at radius 3 is 1.87 bits per heavy atom. The van der Waals surface area contributed by atoms with E-state index in [1.54, 1.807) is 0 Å². The molecule has 0 radical (unpaired) electrons. The van der Waals surface area contributed by atoms with Gasteiger partial charge in [0.15, 0.2) is 0 Å². The van der Waals surface area contributed by atoms with Crippen molar-refractivity contribution in [2.24, 2.45) is 23.7 Å². The summed E-state index contributed by atoms with van der Waals surface area (Å²) >= 11 is 0. The second-order valence-corrected chi connectivity index (χ2v) is 6.20. The molecule has 0 N–H and O–H groups in total. The summed E-state index contributed by atoms with van der Waals surface area (Å²) in [4.78, 5) is 0. The molecule has 1 nitrogen and oxygen atoms in total. The molecule has 0 saturated heterocycles. The third-order valence-corrected chi connectivity index (χ3v) is 4.36. The summed E-state index contributed by atoms with van der Waals surface area (Å²) in [6.45, 7) is 9.13. The Bertz CT molecular complexity index is 195. The van der Waals surface area contributed by atoms with Crippen molar-refractivity contribution in [2.75, 3.05) is 0 Å². The Balaban J connectivity index is 1.96. The smallest absolute Gasteiger partial charge is 0.0584 e. The third kappa shape index (κ3) is 2.38. The number of hydrogen-bond acceptors (Lipinski definition) is 1. The van der Waals surface area contributed by atoms with Crippen molar-refractivity contribution in [3.05, 3.63) is 0 Å². The van der Waals surface area contributed by atoms with Crippen LogP contribution in [0.4, 0.5) is 0 Å². The molecule has 2 fully saturated rings. The molecule has 0 aromatic rings. The van der Waals surface area contributed by atoms with Crippen molar-refractivity contribution in [3.8, 4) is 0 Å². The fourth-order valence-electron chi connectivity index (χ4n) is 4.10. The zero-order valence-corrected chi connectivity index (χ0v) is 10.7. The average Bonchev–Trinajstić information content (AvgIpc) is 2.38. The Morgan fingerprint density at radius 2 is 1.47 bits per heavy atom. The van der Waals surface area contributed by atoms with Gasteiger partial charge in [-0.1, -0.05) is 13.8 Å². The molecule has 88 valence electrons. The summed E-state index contributed by atoms with van der Waals surface area (Å²) in [5.41, 5.74) is 0. The number of ether oxygens (including phenoxy) is 1. The highest BCUT2D eigenvalue weighted by atomic mass is 16.5. The van der Waals surface area contributed by atoms with E-state index in [0.29, 0.717) is 12.2 Å². The van der Waals surface area contributed by atoms with Crippen LogP contribution in [-0.2, 0) is 4.74 Å². The number of hydrogen-bond donors (Lipinski definition) is 0. The summed E-state index contributed by atoms with van der Waals surface area (Å²) in [6, 6.07) is 0. The van der Waals surface area contributed by atoms with E-state index in [1.165, 1.54) is 25.7 Å². The number of fused-ring (bicyclic) bond motifs is 2. The lowest BCUT2D eigenvalue weighted by molar-refractivity contribution is -0.0463. The molecule has 0 spiro atoms. The topological polar surface area (TPSA) is 9.23 Å². The SMILES string of the molecule is CC(C)OC1CC2CCC(C1)C2C(C)C. The molecule has 2 saturated carbocycles. The van der Waals surface area contributed by atoms with E-state index in [0.717, 1.165) is 23.7 Å². The minimum atomic E-state index is 0.407. The van der Waals surface area contributed by atoms with Crippen LogP contribution in [0.3, 0.4) is 0 Å². The van der Waals surface area contributed by atoms with E-state index in [9.17, 15) is 0 Å². The van der Waals surface area contributed by atoms with E-state index in [1.807, 2.05) is 0 Å². The lowest BCUT2D eigenvalue weighted by Crippen LogP contribution is -2.34. The van der Waals surface area contributed by atoms with Crippen molar-refractivity contribution in [1.29, 1.82) is 0 Å². The van der Waals surface area contributed by atoms with Crippen LogP contribution in [0.25, 0.3) is 0 Å². The zero-order valence-electron chi connectivity index (χ0n) is 10.7. The molecular formula is C14H26O. The van der Waals surface area contributed by atoms with Crippen LogP contribution >= 0.6 is 0 Å². The largest absolute Gasteiger partial charge is 0.376 e. The van der Waals surface area contributed by atoms with E-state index < -0.39 is 0 Å². The Kier molecular flexibility index (Phi) is 3.39. The lowest BCUT2D eigenvalue weighted by atomic mass is 9.72. The third-order valence-electron chi connectivity index (χ3n) is 4.36. The van der Waals surface area contributed by atoms with E-state index in [4.69, 9.17) is 4.74 Å². The Morgan fingerprint density at radius 1 is 0.933 bits per heavy atom. The first-order valence-electron chi connectivity index (χ1n) is 6.73. The quantitative estimate of drug-likeness (QED) is 0.687. The van der Waals surface area contributed by atoms with E-state index in [2.05, 4.69) is 27.7 Å². The first-order chi connectivity index (χ1) is 7.08. The molecule has 2 aliphatic carbocycles. The molecule has 1 heteroatoms. The molecule has 2 atom stereocenters. The second kappa shape index (κ2) is 4.45. The summed E-state index contributed by atoms with van der Waals surface area (Å²) in [7, 11) is 0. The van der Waals surface area contributed by atoms with E-state index in [-0.39, 0.29) is 0 Å². The highest BCUT2D eigenvalue weighted by Gasteiger charge is 2.44. The van der Waals surface area contributed by atoms with Gasteiger partial charge in [-0.2, -0.15) is 0 Å². The van der Waals surface area contributed by atoms with Gasteiger partial charge in [-0.3, -0.25) is 0 Å².